The molecule has 1 aliphatic rings. The molecule has 0 saturated carbocycles. The SMILES string of the molecule is CCC(O)CCNC(=O)CCC1CCCCO1. The smallest absolute Gasteiger partial charge is 0.220 e. The van der Waals surface area contributed by atoms with Crippen molar-refractivity contribution in [3.8, 4) is 0 Å². The summed E-state index contributed by atoms with van der Waals surface area (Å²) in [7, 11) is 0. The zero-order chi connectivity index (χ0) is 12.5. The molecular weight excluding hydrogens is 218 g/mol. The van der Waals surface area contributed by atoms with Crippen LogP contribution in [0.4, 0.5) is 0 Å². The van der Waals surface area contributed by atoms with Crippen molar-refractivity contribution in [1.29, 1.82) is 0 Å². The van der Waals surface area contributed by atoms with E-state index in [2.05, 4.69) is 5.32 Å². The molecule has 0 aromatic carbocycles. The van der Waals surface area contributed by atoms with Crippen molar-refractivity contribution in [3.05, 3.63) is 0 Å². The van der Waals surface area contributed by atoms with E-state index < -0.39 is 0 Å². The molecule has 4 nitrogen and oxygen atoms in total. The molecule has 1 amide bonds. The molecule has 0 aromatic rings. The molecule has 2 unspecified atom stereocenters. The summed E-state index contributed by atoms with van der Waals surface area (Å²) >= 11 is 0. The van der Waals surface area contributed by atoms with Crippen LogP contribution in [0.25, 0.3) is 0 Å². The van der Waals surface area contributed by atoms with Crippen LogP contribution in [0, 0.1) is 0 Å². The van der Waals surface area contributed by atoms with Crippen LogP contribution in [-0.2, 0) is 9.53 Å². The van der Waals surface area contributed by atoms with Crippen LogP contribution < -0.4 is 5.32 Å². The fourth-order valence-corrected chi connectivity index (χ4v) is 2.00. The van der Waals surface area contributed by atoms with Crippen molar-refractivity contribution in [1.82, 2.24) is 5.32 Å². The van der Waals surface area contributed by atoms with Gasteiger partial charge < -0.3 is 15.2 Å². The van der Waals surface area contributed by atoms with Crippen LogP contribution in [0.1, 0.15) is 51.9 Å². The Kier molecular flexibility index (Phi) is 7.21. The Labute approximate surface area is 104 Å². The Balaban J connectivity index is 2.00. The van der Waals surface area contributed by atoms with E-state index in [4.69, 9.17) is 4.74 Å². The van der Waals surface area contributed by atoms with Crippen molar-refractivity contribution in [3.63, 3.8) is 0 Å². The highest BCUT2D eigenvalue weighted by atomic mass is 16.5. The van der Waals surface area contributed by atoms with Crippen molar-refractivity contribution >= 4 is 5.91 Å². The molecule has 1 fully saturated rings. The lowest BCUT2D eigenvalue weighted by atomic mass is 10.0. The number of hydrogen-bond acceptors (Lipinski definition) is 3. The van der Waals surface area contributed by atoms with Gasteiger partial charge in [-0.25, -0.2) is 0 Å². The number of amides is 1. The van der Waals surface area contributed by atoms with Crippen LogP contribution in [-0.4, -0.2) is 36.4 Å². The van der Waals surface area contributed by atoms with E-state index in [9.17, 15) is 9.90 Å². The third-order valence-corrected chi connectivity index (χ3v) is 3.24. The van der Waals surface area contributed by atoms with Gasteiger partial charge in [-0.3, -0.25) is 4.79 Å². The number of carbonyl (C=O) groups is 1. The van der Waals surface area contributed by atoms with E-state index in [1.807, 2.05) is 6.92 Å². The topological polar surface area (TPSA) is 58.6 Å². The Hall–Kier alpha value is -0.610. The summed E-state index contributed by atoms with van der Waals surface area (Å²) in [4.78, 5) is 11.5. The maximum atomic E-state index is 11.5. The van der Waals surface area contributed by atoms with Gasteiger partial charge in [0.25, 0.3) is 0 Å². The quantitative estimate of drug-likeness (QED) is 0.714. The minimum absolute atomic E-state index is 0.0717. The number of rotatable bonds is 7. The molecule has 1 saturated heterocycles. The normalized spacial score (nSPS) is 22.1. The molecule has 0 aromatic heterocycles. The Morgan fingerprint density at radius 2 is 2.35 bits per heavy atom. The van der Waals surface area contributed by atoms with Crippen LogP contribution in [0.5, 0.6) is 0 Å². The zero-order valence-electron chi connectivity index (χ0n) is 10.8. The number of hydrogen-bond donors (Lipinski definition) is 2. The van der Waals surface area contributed by atoms with Crippen LogP contribution >= 0.6 is 0 Å². The molecular formula is C13H25NO3. The lowest BCUT2D eigenvalue weighted by molar-refractivity contribution is -0.122. The molecule has 0 aliphatic carbocycles. The van der Waals surface area contributed by atoms with Crippen LogP contribution in [0.2, 0.25) is 0 Å². The summed E-state index contributed by atoms with van der Waals surface area (Å²) in [6.45, 7) is 3.35. The summed E-state index contributed by atoms with van der Waals surface area (Å²) in [5.74, 6) is 0.0717. The largest absolute Gasteiger partial charge is 0.393 e. The summed E-state index contributed by atoms with van der Waals surface area (Å²) in [5.41, 5.74) is 0. The van der Waals surface area contributed by atoms with Gasteiger partial charge in [0.05, 0.1) is 12.2 Å². The highest BCUT2D eigenvalue weighted by Crippen LogP contribution is 2.16. The van der Waals surface area contributed by atoms with Gasteiger partial charge in [-0.2, -0.15) is 0 Å². The molecule has 0 spiro atoms. The average molecular weight is 243 g/mol. The van der Waals surface area contributed by atoms with Gasteiger partial charge in [-0.05, 0) is 38.5 Å². The Bertz CT molecular complexity index is 215. The van der Waals surface area contributed by atoms with Crippen LogP contribution in [0.3, 0.4) is 0 Å². The highest BCUT2D eigenvalue weighted by molar-refractivity contribution is 5.75. The fourth-order valence-electron chi connectivity index (χ4n) is 2.00. The second kappa shape index (κ2) is 8.48. The van der Waals surface area contributed by atoms with Crippen LogP contribution in [0.15, 0.2) is 0 Å². The predicted molar refractivity (Wildman–Crippen MR) is 66.7 cm³/mol. The first-order valence-electron chi connectivity index (χ1n) is 6.78. The number of aliphatic hydroxyl groups excluding tert-OH is 1. The molecule has 17 heavy (non-hydrogen) atoms. The minimum Gasteiger partial charge on any atom is -0.393 e. The molecule has 0 bridgehead atoms. The molecule has 0 radical (unpaired) electrons. The summed E-state index contributed by atoms with van der Waals surface area (Å²) in [6, 6.07) is 0. The minimum atomic E-state index is -0.294. The van der Waals surface area contributed by atoms with E-state index in [0.29, 0.717) is 19.4 Å². The number of ether oxygens (including phenoxy) is 1. The van der Waals surface area contributed by atoms with Gasteiger partial charge in [0.15, 0.2) is 0 Å². The first-order chi connectivity index (χ1) is 8.22. The fraction of sp³-hybridized carbons (Fsp3) is 0.923. The van der Waals surface area contributed by atoms with Gasteiger partial charge in [-0.15, -0.1) is 0 Å². The first-order valence-corrected chi connectivity index (χ1v) is 6.78. The van der Waals surface area contributed by atoms with E-state index in [1.54, 1.807) is 0 Å². The van der Waals surface area contributed by atoms with E-state index >= 15 is 0 Å². The number of nitrogens with one attached hydrogen (secondary N) is 1. The molecule has 2 N–H and O–H groups in total. The van der Waals surface area contributed by atoms with E-state index in [-0.39, 0.29) is 18.1 Å². The van der Waals surface area contributed by atoms with E-state index in [1.165, 1.54) is 6.42 Å². The average Bonchev–Trinajstić information content (AvgIpc) is 2.37. The lowest BCUT2D eigenvalue weighted by Gasteiger charge is -2.22. The van der Waals surface area contributed by atoms with Gasteiger partial charge >= 0.3 is 0 Å². The zero-order valence-corrected chi connectivity index (χ0v) is 10.8. The van der Waals surface area contributed by atoms with Crippen molar-refractivity contribution in [2.45, 2.75) is 64.1 Å². The molecule has 100 valence electrons. The Morgan fingerprint density at radius 1 is 1.53 bits per heavy atom. The number of aliphatic hydroxyl groups is 1. The lowest BCUT2D eigenvalue weighted by Crippen LogP contribution is -2.28. The van der Waals surface area contributed by atoms with E-state index in [0.717, 1.165) is 32.3 Å². The second-order valence-electron chi connectivity index (χ2n) is 4.73. The van der Waals surface area contributed by atoms with Gasteiger partial charge in [0, 0.05) is 19.6 Å². The molecule has 2 atom stereocenters. The van der Waals surface area contributed by atoms with Crippen molar-refractivity contribution < 1.29 is 14.6 Å². The maximum Gasteiger partial charge on any atom is 0.220 e. The molecule has 1 heterocycles. The maximum absolute atomic E-state index is 11.5. The number of carbonyl (C=O) groups excluding carboxylic acids is 1. The third kappa shape index (κ3) is 6.64. The second-order valence-corrected chi connectivity index (χ2v) is 4.73. The first kappa shape index (κ1) is 14.5. The Morgan fingerprint density at radius 3 is 3.00 bits per heavy atom. The van der Waals surface area contributed by atoms with Gasteiger partial charge in [0.2, 0.25) is 5.91 Å². The van der Waals surface area contributed by atoms with Gasteiger partial charge in [0.1, 0.15) is 0 Å². The summed E-state index contributed by atoms with van der Waals surface area (Å²) in [6.07, 6.45) is 6.17. The van der Waals surface area contributed by atoms with Crippen molar-refractivity contribution in [2.75, 3.05) is 13.2 Å². The van der Waals surface area contributed by atoms with Gasteiger partial charge in [-0.1, -0.05) is 6.92 Å². The molecule has 4 heteroatoms. The summed E-state index contributed by atoms with van der Waals surface area (Å²) < 4.78 is 5.57. The predicted octanol–water partition coefficient (Wildman–Crippen LogP) is 1.61. The standard InChI is InChI=1S/C13H25NO3/c1-2-11(15)8-9-14-13(16)7-6-12-5-3-4-10-17-12/h11-12,15H,2-10H2,1H3,(H,14,16). The summed E-state index contributed by atoms with van der Waals surface area (Å²) in [5, 5.41) is 12.2. The molecule has 1 rings (SSSR count). The highest BCUT2D eigenvalue weighted by Gasteiger charge is 2.15. The molecule has 1 aliphatic heterocycles. The third-order valence-electron chi connectivity index (χ3n) is 3.24. The van der Waals surface area contributed by atoms with Crippen molar-refractivity contribution in [2.24, 2.45) is 0 Å². The monoisotopic (exact) mass is 243 g/mol.